The molecular formula is C18H20N2O4. The number of carbonyl (C=O) groups excluding carboxylic acids is 1. The number of nitrogens with one attached hydrogen (secondary N) is 1. The van der Waals surface area contributed by atoms with Crippen molar-refractivity contribution in [3.8, 4) is 5.75 Å². The molecule has 6 nitrogen and oxygen atoms in total. The second kappa shape index (κ2) is 8.01. The largest absolute Gasteiger partial charge is 0.497 e. The quantitative estimate of drug-likeness (QED) is 0.509. The zero-order chi connectivity index (χ0) is 17.5. The van der Waals surface area contributed by atoms with Crippen molar-refractivity contribution < 1.29 is 19.4 Å². The van der Waals surface area contributed by atoms with Crippen LogP contribution in [-0.4, -0.2) is 24.0 Å². The summed E-state index contributed by atoms with van der Waals surface area (Å²) in [6.07, 6.45) is -0.219. The van der Waals surface area contributed by atoms with Gasteiger partial charge < -0.3 is 20.9 Å². The number of Topliss-reactive ketones (excluding diaryl/α,β-unsaturated/α-hetero) is 1. The topological polar surface area (TPSA) is 102 Å². The Bertz CT molecular complexity index is 726. The molecule has 0 heterocycles. The van der Waals surface area contributed by atoms with Crippen molar-refractivity contribution in [1.82, 2.24) is 0 Å². The van der Waals surface area contributed by atoms with Gasteiger partial charge in [-0.3, -0.25) is 9.59 Å². The normalized spacial score (nSPS) is 10.2. The van der Waals surface area contributed by atoms with Crippen molar-refractivity contribution in [3.63, 3.8) is 0 Å². The molecule has 2 rings (SSSR count). The van der Waals surface area contributed by atoms with E-state index in [1.807, 2.05) is 24.3 Å². The fourth-order valence-corrected chi connectivity index (χ4v) is 2.20. The Morgan fingerprint density at radius 3 is 2.42 bits per heavy atom. The van der Waals surface area contributed by atoms with Crippen molar-refractivity contribution in [2.45, 2.75) is 19.4 Å². The van der Waals surface area contributed by atoms with Gasteiger partial charge in [-0.05, 0) is 35.9 Å². The molecule has 0 aromatic heterocycles. The average molecular weight is 328 g/mol. The van der Waals surface area contributed by atoms with Crippen LogP contribution in [0.2, 0.25) is 0 Å². The lowest BCUT2D eigenvalue weighted by atomic mass is 10.0. The maximum absolute atomic E-state index is 11.9. The summed E-state index contributed by atoms with van der Waals surface area (Å²) < 4.78 is 5.11. The third kappa shape index (κ3) is 4.74. The zero-order valence-corrected chi connectivity index (χ0v) is 13.4. The molecule has 0 bridgehead atoms. The van der Waals surface area contributed by atoms with Gasteiger partial charge in [-0.25, -0.2) is 0 Å². The Balaban J connectivity index is 1.98. The molecule has 0 aliphatic rings. The molecule has 0 atom stereocenters. The molecule has 126 valence electrons. The highest BCUT2D eigenvalue weighted by Gasteiger charge is 2.10. The number of hydrogen-bond acceptors (Lipinski definition) is 5. The monoisotopic (exact) mass is 328 g/mol. The molecule has 24 heavy (non-hydrogen) atoms. The van der Waals surface area contributed by atoms with Crippen molar-refractivity contribution >= 4 is 23.1 Å². The van der Waals surface area contributed by atoms with Crippen LogP contribution < -0.4 is 15.8 Å². The predicted octanol–water partition coefficient (Wildman–Crippen LogP) is 2.94. The summed E-state index contributed by atoms with van der Waals surface area (Å²) in [5, 5.41) is 11.8. The SMILES string of the molecule is COc1ccc(CNc2ccc(C(=O)CCC(=O)O)cc2N)cc1. The minimum atomic E-state index is -0.992. The van der Waals surface area contributed by atoms with Crippen LogP contribution in [0.25, 0.3) is 0 Å². The summed E-state index contributed by atoms with van der Waals surface area (Å²) in [4.78, 5) is 22.4. The molecular weight excluding hydrogens is 308 g/mol. The number of methoxy groups -OCH3 is 1. The molecule has 0 aliphatic heterocycles. The first kappa shape index (κ1) is 17.3. The number of ketones is 1. The molecule has 0 unspecified atom stereocenters. The van der Waals surface area contributed by atoms with Crippen molar-refractivity contribution in [2.75, 3.05) is 18.2 Å². The van der Waals surface area contributed by atoms with Crippen LogP contribution in [0.5, 0.6) is 5.75 Å². The maximum Gasteiger partial charge on any atom is 0.303 e. The van der Waals surface area contributed by atoms with E-state index in [1.165, 1.54) is 0 Å². The number of aliphatic carboxylic acids is 1. The highest BCUT2D eigenvalue weighted by atomic mass is 16.5. The number of carbonyl (C=O) groups is 2. The van der Waals surface area contributed by atoms with E-state index in [0.717, 1.165) is 17.0 Å². The molecule has 6 heteroatoms. The number of anilines is 2. The molecule has 0 radical (unpaired) electrons. The summed E-state index contributed by atoms with van der Waals surface area (Å²) in [7, 11) is 1.62. The second-order valence-electron chi connectivity index (χ2n) is 5.32. The Morgan fingerprint density at radius 2 is 1.83 bits per heavy atom. The van der Waals surface area contributed by atoms with E-state index in [9.17, 15) is 9.59 Å². The van der Waals surface area contributed by atoms with Crippen LogP contribution in [-0.2, 0) is 11.3 Å². The summed E-state index contributed by atoms with van der Waals surface area (Å²) in [5.41, 5.74) is 8.63. The van der Waals surface area contributed by atoms with Crippen LogP contribution in [0.3, 0.4) is 0 Å². The van der Waals surface area contributed by atoms with E-state index in [4.69, 9.17) is 15.6 Å². The molecule has 0 aliphatic carbocycles. The lowest BCUT2D eigenvalue weighted by molar-refractivity contribution is -0.136. The molecule has 0 amide bonds. The van der Waals surface area contributed by atoms with E-state index >= 15 is 0 Å². The van der Waals surface area contributed by atoms with Gasteiger partial charge in [0, 0.05) is 18.5 Å². The summed E-state index contributed by atoms with van der Waals surface area (Å²) in [6, 6.07) is 12.6. The van der Waals surface area contributed by atoms with E-state index in [2.05, 4.69) is 5.32 Å². The Morgan fingerprint density at radius 1 is 1.12 bits per heavy atom. The van der Waals surface area contributed by atoms with Crippen LogP contribution in [0.1, 0.15) is 28.8 Å². The van der Waals surface area contributed by atoms with E-state index in [-0.39, 0.29) is 18.6 Å². The highest BCUT2D eigenvalue weighted by Crippen LogP contribution is 2.22. The zero-order valence-electron chi connectivity index (χ0n) is 13.4. The first-order valence-corrected chi connectivity index (χ1v) is 7.51. The average Bonchev–Trinajstić information content (AvgIpc) is 2.59. The van der Waals surface area contributed by atoms with Crippen molar-refractivity contribution in [2.24, 2.45) is 0 Å². The number of carboxylic acids is 1. The number of carboxylic acid groups (broad SMARTS) is 1. The van der Waals surface area contributed by atoms with E-state index in [1.54, 1.807) is 25.3 Å². The Kier molecular flexibility index (Phi) is 5.78. The van der Waals surface area contributed by atoms with Crippen LogP contribution in [0.4, 0.5) is 11.4 Å². The van der Waals surface area contributed by atoms with Gasteiger partial charge in [0.1, 0.15) is 5.75 Å². The minimum Gasteiger partial charge on any atom is -0.497 e. The van der Waals surface area contributed by atoms with Gasteiger partial charge in [0.05, 0.1) is 24.9 Å². The first-order valence-electron chi connectivity index (χ1n) is 7.51. The first-order chi connectivity index (χ1) is 11.5. The molecule has 2 aromatic carbocycles. The number of nitrogens with two attached hydrogens (primary N) is 1. The predicted molar refractivity (Wildman–Crippen MR) is 92.4 cm³/mol. The standard InChI is InChI=1S/C18H20N2O4/c1-24-14-5-2-12(3-6-14)11-20-16-7-4-13(10-15(16)19)17(21)8-9-18(22)23/h2-7,10,20H,8-9,11,19H2,1H3,(H,22,23). The molecule has 0 spiro atoms. The molecule has 0 fully saturated rings. The van der Waals surface area contributed by atoms with Gasteiger partial charge in [-0.2, -0.15) is 0 Å². The molecule has 0 saturated heterocycles. The minimum absolute atomic E-state index is 0.0343. The van der Waals surface area contributed by atoms with Crippen molar-refractivity contribution in [3.05, 3.63) is 53.6 Å². The van der Waals surface area contributed by atoms with Gasteiger partial charge in [0.2, 0.25) is 0 Å². The number of rotatable bonds is 8. The second-order valence-corrected chi connectivity index (χ2v) is 5.32. The van der Waals surface area contributed by atoms with Crippen LogP contribution >= 0.6 is 0 Å². The van der Waals surface area contributed by atoms with Crippen LogP contribution in [0, 0.1) is 0 Å². The van der Waals surface area contributed by atoms with Crippen molar-refractivity contribution in [1.29, 1.82) is 0 Å². The number of hydrogen-bond donors (Lipinski definition) is 3. The van der Waals surface area contributed by atoms with Gasteiger partial charge in [-0.15, -0.1) is 0 Å². The maximum atomic E-state index is 11.9. The number of benzene rings is 2. The lowest BCUT2D eigenvalue weighted by Crippen LogP contribution is -2.06. The number of ether oxygens (including phenoxy) is 1. The molecule has 0 saturated carbocycles. The van der Waals surface area contributed by atoms with Gasteiger partial charge in [-0.1, -0.05) is 12.1 Å². The van der Waals surface area contributed by atoms with Gasteiger partial charge in [0.25, 0.3) is 0 Å². The van der Waals surface area contributed by atoms with Gasteiger partial charge in [0.15, 0.2) is 5.78 Å². The lowest BCUT2D eigenvalue weighted by Gasteiger charge is -2.11. The summed E-state index contributed by atoms with van der Waals surface area (Å²) in [6.45, 7) is 0.584. The molecule has 2 aromatic rings. The fraction of sp³-hybridized carbons (Fsp3) is 0.222. The summed E-state index contributed by atoms with van der Waals surface area (Å²) in [5.74, 6) is -0.428. The highest BCUT2D eigenvalue weighted by molar-refractivity contribution is 5.99. The van der Waals surface area contributed by atoms with E-state index < -0.39 is 5.97 Å². The van der Waals surface area contributed by atoms with Gasteiger partial charge >= 0.3 is 5.97 Å². The smallest absolute Gasteiger partial charge is 0.303 e. The Labute approximate surface area is 140 Å². The summed E-state index contributed by atoms with van der Waals surface area (Å²) >= 11 is 0. The third-order valence-electron chi connectivity index (χ3n) is 3.58. The fourth-order valence-electron chi connectivity index (χ4n) is 2.20. The molecule has 4 N–H and O–H groups in total. The number of nitrogen functional groups attached to an aromatic ring is 1. The third-order valence-corrected chi connectivity index (χ3v) is 3.58. The van der Waals surface area contributed by atoms with E-state index in [0.29, 0.717) is 17.8 Å². The van der Waals surface area contributed by atoms with Crippen LogP contribution in [0.15, 0.2) is 42.5 Å². The Hall–Kier alpha value is -3.02.